The van der Waals surface area contributed by atoms with Gasteiger partial charge in [-0.3, -0.25) is 4.79 Å². The van der Waals surface area contributed by atoms with E-state index in [9.17, 15) is 19.5 Å². The number of carbonyl (C=O) groups is 3. The number of aryl methyl sites for hydroxylation is 1. The molecule has 7 rings (SSSR count). The van der Waals surface area contributed by atoms with E-state index in [4.69, 9.17) is 0 Å². The Balaban J connectivity index is 0.00000451. The minimum Gasteiger partial charge on any atom is -0.548 e. The van der Waals surface area contributed by atoms with Gasteiger partial charge >= 0.3 is 24.9 Å². The first kappa shape index (κ1) is 36.9. The fourth-order valence-corrected chi connectivity index (χ4v) is 10.0. The summed E-state index contributed by atoms with van der Waals surface area (Å²) in [6.45, 7) is 3.44. The zero-order chi connectivity index (χ0) is 33.0. The van der Waals surface area contributed by atoms with Crippen LogP contribution in [0.3, 0.4) is 0 Å². The van der Waals surface area contributed by atoms with Crippen LogP contribution in [0.4, 0.5) is 4.79 Å². The number of rotatable bonds is 13. The van der Waals surface area contributed by atoms with Gasteiger partial charge in [-0.15, -0.1) is 0 Å². The molecule has 5 fully saturated rings. The van der Waals surface area contributed by atoms with Gasteiger partial charge in [-0.05, 0) is 135 Å². The molecule has 0 heterocycles. The van der Waals surface area contributed by atoms with Gasteiger partial charge < -0.3 is 25.4 Å². The average Bonchev–Trinajstić information content (AvgIpc) is 3.04. The molecule has 1 atom stereocenters. The molecular formula is C39H52LiN3O4S. The van der Waals surface area contributed by atoms with Gasteiger partial charge in [0, 0.05) is 24.2 Å². The molecule has 0 saturated heterocycles. The second-order valence-corrected chi connectivity index (χ2v) is 16.1. The Kier molecular flexibility index (Phi) is 12.7. The predicted octanol–water partition coefficient (Wildman–Crippen LogP) is 3.37. The number of hydrogen-bond acceptors (Lipinski definition) is 5. The van der Waals surface area contributed by atoms with Crippen molar-refractivity contribution >= 4 is 29.7 Å². The van der Waals surface area contributed by atoms with Crippen molar-refractivity contribution in [3.8, 4) is 11.1 Å². The molecule has 0 spiro atoms. The summed E-state index contributed by atoms with van der Waals surface area (Å²) in [5, 5.41) is 18.2. The van der Waals surface area contributed by atoms with Crippen molar-refractivity contribution in [1.29, 1.82) is 0 Å². The van der Waals surface area contributed by atoms with Gasteiger partial charge in [0.2, 0.25) is 0 Å². The van der Waals surface area contributed by atoms with E-state index in [-0.39, 0.29) is 30.4 Å². The minimum atomic E-state index is -1.27. The summed E-state index contributed by atoms with van der Waals surface area (Å²) in [6, 6.07) is 12.8. The maximum absolute atomic E-state index is 14.1. The number of hydrogen-bond donors (Lipinski definition) is 2. The Hall–Kier alpha value is -2.40. The number of nitrogens with one attached hydrogen (secondary N) is 2. The molecule has 2 aromatic carbocycles. The fourth-order valence-electron chi connectivity index (χ4n) is 9.55. The molecular weight excluding hydrogens is 613 g/mol. The first-order valence-corrected chi connectivity index (χ1v) is 19.4. The molecule has 254 valence electrons. The summed E-state index contributed by atoms with van der Waals surface area (Å²) in [5.74, 6) is 1.79. The van der Waals surface area contributed by atoms with Crippen molar-refractivity contribution in [3.05, 3.63) is 59.2 Å². The van der Waals surface area contributed by atoms with E-state index in [0.29, 0.717) is 36.6 Å². The molecule has 2 N–H and O–H groups in total. The Morgan fingerprint density at radius 1 is 0.958 bits per heavy atom. The van der Waals surface area contributed by atoms with Gasteiger partial charge in [0.1, 0.15) is 0 Å². The summed E-state index contributed by atoms with van der Waals surface area (Å²) in [7, 11) is 0. The van der Waals surface area contributed by atoms with Crippen LogP contribution in [0.15, 0.2) is 42.5 Å². The topological polar surface area (TPSA) is 102 Å². The van der Waals surface area contributed by atoms with Crippen molar-refractivity contribution in [1.82, 2.24) is 15.5 Å². The number of carboxylic acid groups (broad SMARTS) is 1. The number of benzene rings is 2. The molecule has 48 heavy (non-hydrogen) atoms. The summed E-state index contributed by atoms with van der Waals surface area (Å²) in [4.78, 5) is 41.6. The molecule has 5 aliphatic rings. The molecule has 2 aromatic rings. The molecule has 7 nitrogen and oxygen atoms in total. The Bertz CT molecular complexity index is 1410. The zero-order valence-corrected chi connectivity index (χ0v) is 30.0. The van der Waals surface area contributed by atoms with Gasteiger partial charge in [0.25, 0.3) is 5.91 Å². The molecule has 3 amide bonds. The number of carboxylic acids is 1. The van der Waals surface area contributed by atoms with Gasteiger partial charge in [0.15, 0.2) is 0 Å². The number of amides is 3. The average molecular weight is 666 g/mol. The molecule has 5 saturated carbocycles. The van der Waals surface area contributed by atoms with Gasteiger partial charge in [-0.2, -0.15) is 11.8 Å². The second kappa shape index (κ2) is 16.5. The molecule has 4 bridgehead atoms. The van der Waals surface area contributed by atoms with Gasteiger partial charge in [-0.1, -0.05) is 55.7 Å². The van der Waals surface area contributed by atoms with Crippen LogP contribution in [0.1, 0.15) is 98.5 Å². The summed E-state index contributed by atoms with van der Waals surface area (Å²) in [6.07, 6.45) is 16.5. The number of nitrogens with zero attached hydrogens (tertiary/aromatic N) is 1. The van der Waals surface area contributed by atoms with Crippen LogP contribution >= 0.6 is 11.8 Å². The van der Waals surface area contributed by atoms with Crippen LogP contribution < -0.4 is 34.6 Å². The first-order chi connectivity index (χ1) is 22.7. The van der Waals surface area contributed by atoms with Crippen molar-refractivity contribution in [2.24, 2.45) is 23.7 Å². The third-order valence-corrected chi connectivity index (χ3v) is 12.2. The number of carbonyl (C=O) groups excluding carboxylic acids is 3. The number of aliphatic carboxylic acids is 1. The van der Waals surface area contributed by atoms with E-state index in [2.05, 4.69) is 21.6 Å². The monoisotopic (exact) mass is 665 g/mol. The summed E-state index contributed by atoms with van der Waals surface area (Å²) >= 11 is 1.54. The molecule has 9 heteroatoms. The maximum atomic E-state index is 14.1. The van der Waals surface area contributed by atoms with Crippen molar-refractivity contribution in [2.75, 3.05) is 25.1 Å². The molecule has 1 unspecified atom stereocenters. The molecule has 5 aliphatic carbocycles. The number of thioether (sulfide) groups is 1. The zero-order valence-electron chi connectivity index (χ0n) is 29.2. The van der Waals surface area contributed by atoms with E-state index in [0.717, 1.165) is 65.8 Å². The van der Waals surface area contributed by atoms with E-state index in [1.54, 1.807) is 0 Å². The van der Waals surface area contributed by atoms with Gasteiger partial charge in [-0.25, -0.2) is 4.79 Å². The van der Waals surface area contributed by atoms with Crippen LogP contribution in [0.5, 0.6) is 0 Å². The van der Waals surface area contributed by atoms with Crippen LogP contribution in [-0.4, -0.2) is 59.5 Å². The Morgan fingerprint density at radius 3 is 2.25 bits per heavy atom. The third-order valence-electron chi connectivity index (χ3n) is 11.5. The third kappa shape index (κ3) is 8.84. The largest absolute Gasteiger partial charge is 1.00 e. The normalized spacial score (nSPS) is 25.2. The Morgan fingerprint density at radius 2 is 1.62 bits per heavy atom. The molecule has 0 aromatic heterocycles. The van der Waals surface area contributed by atoms with E-state index in [1.165, 1.54) is 63.1 Å². The summed E-state index contributed by atoms with van der Waals surface area (Å²) < 4.78 is 0. The Labute approximate surface area is 303 Å². The van der Waals surface area contributed by atoms with Crippen molar-refractivity contribution < 1.29 is 38.4 Å². The maximum Gasteiger partial charge on any atom is 1.00 e. The van der Waals surface area contributed by atoms with Gasteiger partial charge in [0.05, 0.1) is 12.0 Å². The molecule has 0 aliphatic heterocycles. The van der Waals surface area contributed by atoms with Crippen LogP contribution in [-0.2, 0) is 11.2 Å². The molecule has 0 radical (unpaired) electrons. The predicted molar refractivity (Wildman–Crippen MR) is 187 cm³/mol. The standard InChI is InChI=1S/C39H53N3O4S.Li/c1-26-8-6-7-11-32(26)34-21-27(12-13-33(34)36(43)40-35(37(44)45)15-17-47-2)14-16-42(25-28-9-4-3-5-10-28)38(46)41-39-22-29-18-30(23-39)20-31(19-29)24-39;/h6-8,11-13,21,28-31,35H,3-5,9-10,14-20,22-25H2,1-2H3,(H,40,43)(H,41,46)(H,44,45);/q;+1/p-1. The van der Waals surface area contributed by atoms with Crippen LogP contribution in [0.25, 0.3) is 11.1 Å². The summed E-state index contributed by atoms with van der Waals surface area (Å²) in [5.41, 5.74) is 4.21. The van der Waals surface area contributed by atoms with E-state index in [1.807, 2.05) is 49.6 Å². The SMILES string of the molecule is CSCCC(NC(=O)c1ccc(CCN(CC2CCCCC2)C(=O)NC23CC4CC(CC(C4)C2)C3)cc1-c1ccccc1C)C(=O)[O-].[Li+]. The van der Waals surface area contributed by atoms with E-state index < -0.39 is 17.9 Å². The number of urea groups is 1. The fraction of sp³-hybridized carbons (Fsp3) is 0.615. The first-order valence-electron chi connectivity index (χ1n) is 18.0. The minimum absolute atomic E-state index is 0. The van der Waals surface area contributed by atoms with Crippen LogP contribution in [0, 0.1) is 30.6 Å². The van der Waals surface area contributed by atoms with Crippen molar-refractivity contribution in [2.45, 2.75) is 102 Å². The smallest absolute Gasteiger partial charge is 0.548 e. The second-order valence-electron chi connectivity index (χ2n) is 15.1. The van der Waals surface area contributed by atoms with Crippen molar-refractivity contribution in [3.63, 3.8) is 0 Å². The van der Waals surface area contributed by atoms with E-state index >= 15 is 0 Å². The van der Waals surface area contributed by atoms with Crippen LogP contribution in [0.2, 0.25) is 0 Å². The quantitative estimate of drug-likeness (QED) is 0.320.